The third-order valence-corrected chi connectivity index (χ3v) is 1.19. The molecule has 0 aromatic carbocycles. The molecule has 54 valence electrons. The van der Waals surface area contributed by atoms with E-state index in [1.807, 2.05) is 0 Å². The van der Waals surface area contributed by atoms with Crippen molar-refractivity contribution < 1.29 is 9.21 Å². The molecular formula is C7H9NO2. The van der Waals surface area contributed by atoms with Gasteiger partial charge in [-0.3, -0.25) is 0 Å². The molecule has 2 N–H and O–H groups in total. The Morgan fingerprint density at radius 3 is 3.10 bits per heavy atom. The monoisotopic (exact) mass is 139 g/mol. The van der Waals surface area contributed by atoms with Crippen LogP contribution in [-0.4, -0.2) is 12.3 Å². The minimum atomic E-state index is -0.439. The average Bonchev–Trinajstić information content (AvgIpc) is 2.40. The van der Waals surface area contributed by atoms with E-state index in [0.717, 1.165) is 5.76 Å². The summed E-state index contributed by atoms with van der Waals surface area (Å²) in [5.41, 5.74) is 5.34. The Morgan fingerprint density at radius 1 is 1.80 bits per heavy atom. The molecule has 1 unspecified atom stereocenters. The normalized spacial score (nSPS) is 12.9. The zero-order valence-electron chi connectivity index (χ0n) is 5.49. The summed E-state index contributed by atoms with van der Waals surface area (Å²) >= 11 is 0. The van der Waals surface area contributed by atoms with Gasteiger partial charge in [0.05, 0.1) is 12.3 Å². The third kappa shape index (κ3) is 1.70. The van der Waals surface area contributed by atoms with E-state index in [9.17, 15) is 4.79 Å². The van der Waals surface area contributed by atoms with Gasteiger partial charge in [-0.1, -0.05) is 0 Å². The van der Waals surface area contributed by atoms with Gasteiger partial charge >= 0.3 is 0 Å². The lowest BCUT2D eigenvalue weighted by molar-refractivity contribution is -0.108. The van der Waals surface area contributed by atoms with Crippen LogP contribution in [0.15, 0.2) is 22.8 Å². The minimum absolute atomic E-state index is 0.439. The van der Waals surface area contributed by atoms with Gasteiger partial charge in [-0.15, -0.1) is 0 Å². The maximum Gasteiger partial charge on any atom is 0.137 e. The van der Waals surface area contributed by atoms with Crippen LogP contribution in [0.4, 0.5) is 0 Å². The topological polar surface area (TPSA) is 56.2 Å². The first-order valence-corrected chi connectivity index (χ1v) is 3.06. The van der Waals surface area contributed by atoms with E-state index in [2.05, 4.69) is 0 Å². The van der Waals surface area contributed by atoms with Crippen LogP contribution in [0.25, 0.3) is 0 Å². The predicted molar refractivity (Wildman–Crippen MR) is 36.5 cm³/mol. The Kier molecular flexibility index (Phi) is 2.23. The van der Waals surface area contributed by atoms with Crippen molar-refractivity contribution in [2.45, 2.75) is 12.5 Å². The smallest absolute Gasteiger partial charge is 0.137 e. The molecule has 3 heteroatoms. The number of furan rings is 1. The Morgan fingerprint density at radius 2 is 2.60 bits per heavy atom. The van der Waals surface area contributed by atoms with E-state index in [-0.39, 0.29) is 0 Å². The second-order valence-corrected chi connectivity index (χ2v) is 2.08. The van der Waals surface area contributed by atoms with Gasteiger partial charge in [-0.05, 0) is 12.1 Å². The highest BCUT2D eigenvalue weighted by atomic mass is 16.3. The minimum Gasteiger partial charge on any atom is -0.469 e. The van der Waals surface area contributed by atoms with Crippen LogP contribution in [0, 0.1) is 0 Å². The van der Waals surface area contributed by atoms with Gasteiger partial charge in [0, 0.05) is 6.42 Å². The quantitative estimate of drug-likeness (QED) is 0.614. The summed E-state index contributed by atoms with van der Waals surface area (Å²) in [5, 5.41) is 0. The van der Waals surface area contributed by atoms with Gasteiger partial charge in [0.25, 0.3) is 0 Å². The molecular weight excluding hydrogens is 130 g/mol. The van der Waals surface area contributed by atoms with Crippen LogP contribution in [0.2, 0.25) is 0 Å². The number of carbonyl (C=O) groups is 1. The lowest BCUT2D eigenvalue weighted by Gasteiger charge is -1.97. The Bertz CT molecular complexity index is 193. The molecule has 10 heavy (non-hydrogen) atoms. The number of rotatable bonds is 3. The van der Waals surface area contributed by atoms with Crippen molar-refractivity contribution in [3.8, 4) is 0 Å². The fourth-order valence-electron chi connectivity index (χ4n) is 0.709. The largest absolute Gasteiger partial charge is 0.469 e. The first kappa shape index (κ1) is 7.02. The van der Waals surface area contributed by atoms with E-state index in [4.69, 9.17) is 10.2 Å². The maximum absolute atomic E-state index is 10.1. The lowest BCUT2D eigenvalue weighted by Crippen LogP contribution is -2.23. The molecule has 1 aromatic rings. The molecule has 1 heterocycles. The van der Waals surface area contributed by atoms with Crippen molar-refractivity contribution in [2.75, 3.05) is 0 Å². The molecule has 1 rings (SSSR count). The first-order valence-electron chi connectivity index (χ1n) is 3.06. The van der Waals surface area contributed by atoms with Crippen LogP contribution in [0.3, 0.4) is 0 Å². The highest BCUT2D eigenvalue weighted by Crippen LogP contribution is 2.01. The molecule has 0 fully saturated rings. The van der Waals surface area contributed by atoms with E-state index >= 15 is 0 Å². The summed E-state index contributed by atoms with van der Waals surface area (Å²) in [6.45, 7) is 0. The van der Waals surface area contributed by atoms with Gasteiger partial charge in [0.15, 0.2) is 0 Å². The number of aldehydes is 1. The maximum atomic E-state index is 10.1. The van der Waals surface area contributed by atoms with Crippen molar-refractivity contribution in [2.24, 2.45) is 5.73 Å². The Hall–Kier alpha value is -1.09. The molecule has 0 amide bonds. The molecule has 0 bridgehead atoms. The van der Waals surface area contributed by atoms with E-state index in [1.165, 1.54) is 0 Å². The zero-order chi connectivity index (χ0) is 7.40. The second kappa shape index (κ2) is 3.17. The molecule has 0 saturated heterocycles. The second-order valence-electron chi connectivity index (χ2n) is 2.08. The van der Waals surface area contributed by atoms with Gasteiger partial charge in [-0.25, -0.2) is 0 Å². The Balaban J connectivity index is 2.47. The zero-order valence-corrected chi connectivity index (χ0v) is 5.49. The van der Waals surface area contributed by atoms with Crippen molar-refractivity contribution in [3.63, 3.8) is 0 Å². The van der Waals surface area contributed by atoms with Crippen molar-refractivity contribution in [3.05, 3.63) is 24.2 Å². The van der Waals surface area contributed by atoms with Crippen molar-refractivity contribution >= 4 is 6.29 Å². The van der Waals surface area contributed by atoms with Crippen LogP contribution in [-0.2, 0) is 11.2 Å². The van der Waals surface area contributed by atoms with Crippen molar-refractivity contribution in [1.29, 1.82) is 0 Å². The fraction of sp³-hybridized carbons (Fsp3) is 0.286. The molecule has 1 atom stereocenters. The number of hydrogen-bond donors (Lipinski definition) is 1. The van der Waals surface area contributed by atoms with Gasteiger partial charge < -0.3 is 14.9 Å². The number of hydrogen-bond acceptors (Lipinski definition) is 3. The molecule has 1 aromatic heterocycles. The molecule has 0 aliphatic rings. The van der Waals surface area contributed by atoms with Crippen LogP contribution >= 0.6 is 0 Å². The lowest BCUT2D eigenvalue weighted by atomic mass is 10.2. The molecule has 0 aliphatic heterocycles. The van der Waals surface area contributed by atoms with Gasteiger partial charge in [0.1, 0.15) is 12.0 Å². The summed E-state index contributed by atoms with van der Waals surface area (Å²) < 4.78 is 4.97. The number of carbonyl (C=O) groups excluding carboxylic acids is 1. The van der Waals surface area contributed by atoms with Crippen molar-refractivity contribution in [1.82, 2.24) is 0 Å². The van der Waals surface area contributed by atoms with Crippen LogP contribution in [0.1, 0.15) is 5.76 Å². The summed E-state index contributed by atoms with van der Waals surface area (Å²) in [4.78, 5) is 10.1. The van der Waals surface area contributed by atoms with E-state index in [0.29, 0.717) is 12.7 Å². The Labute approximate surface area is 58.8 Å². The standard InChI is InChI=1S/C7H9NO2/c8-6(5-9)4-7-2-1-3-10-7/h1-3,5-6H,4,8H2. The summed E-state index contributed by atoms with van der Waals surface area (Å²) in [5.74, 6) is 0.750. The van der Waals surface area contributed by atoms with E-state index in [1.54, 1.807) is 18.4 Å². The van der Waals surface area contributed by atoms with Gasteiger partial charge in [-0.2, -0.15) is 0 Å². The van der Waals surface area contributed by atoms with Crippen LogP contribution in [0.5, 0.6) is 0 Å². The molecule has 0 spiro atoms. The van der Waals surface area contributed by atoms with E-state index < -0.39 is 6.04 Å². The summed E-state index contributed by atoms with van der Waals surface area (Å²) in [6.07, 6.45) is 2.76. The van der Waals surface area contributed by atoms with Crippen LogP contribution < -0.4 is 5.73 Å². The fourth-order valence-corrected chi connectivity index (χ4v) is 0.709. The highest BCUT2D eigenvalue weighted by molar-refractivity contribution is 5.57. The SMILES string of the molecule is NC(C=O)Cc1ccco1. The third-order valence-electron chi connectivity index (χ3n) is 1.19. The first-order chi connectivity index (χ1) is 4.83. The predicted octanol–water partition coefficient (Wildman–Crippen LogP) is 0.348. The summed E-state index contributed by atoms with van der Waals surface area (Å²) in [7, 11) is 0. The average molecular weight is 139 g/mol. The molecule has 0 saturated carbocycles. The molecule has 3 nitrogen and oxygen atoms in total. The molecule has 0 radical (unpaired) electrons. The number of nitrogens with two attached hydrogens (primary N) is 1. The highest BCUT2D eigenvalue weighted by Gasteiger charge is 2.02. The molecule has 0 aliphatic carbocycles. The summed E-state index contributed by atoms with van der Waals surface area (Å²) in [6, 6.07) is 3.13. The van der Waals surface area contributed by atoms with Gasteiger partial charge in [0.2, 0.25) is 0 Å².